The van der Waals surface area contributed by atoms with Crippen LogP contribution in [0, 0.1) is 0 Å². The lowest BCUT2D eigenvalue weighted by Gasteiger charge is -2.14. The first kappa shape index (κ1) is 17.7. The van der Waals surface area contributed by atoms with Gasteiger partial charge in [0.25, 0.3) is 5.56 Å². The van der Waals surface area contributed by atoms with Crippen LogP contribution in [0.25, 0.3) is 0 Å². The van der Waals surface area contributed by atoms with Crippen LogP contribution in [0.2, 0.25) is 0 Å². The molecule has 3 aromatic rings. The summed E-state index contributed by atoms with van der Waals surface area (Å²) in [5.74, 6) is 1.01. The molecule has 5 nitrogen and oxygen atoms in total. The number of H-pyrrole nitrogens is 1. The molecule has 1 N–H and O–H groups in total. The first-order chi connectivity index (χ1) is 13.1. The Morgan fingerprint density at radius 2 is 2.04 bits per heavy atom. The topological polar surface area (TPSA) is 72.0 Å². The van der Waals surface area contributed by atoms with Crippen LogP contribution >= 0.6 is 11.3 Å². The zero-order valence-electron chi connectivity index (χ0n) is 15.0. The zero-order valence-corrected chi connectivity index (χ0v) is 15.8. The number of aromatic nitrogens is 2. The Hall–Kier alpha value is -2.73. The predicted molar refractivity (Wildman–Crippen MR) is 105 cm³/mol. The highest BCUT2D eigenvalue weighted by molar-refractivity contribution is 7.11. The molecular weight excluding hydrogens is 360 g/mol. The van der Waals surface area contributed by atoms with Crippen LogP contribution in [-0.4, -0.2) is 22.9 Å². The van der Waals surface area contributed by atoms with E-state index in [4.69, 9.17) is 4.74 Å². The van der Waals surface area contributed by atoms with Crippen molar-refractivity contribution in [2.75, 3.05) is 7.11 Å². The SMILES string of the molecule is COc1ccc(C2(C(=O)Cc3ncc(Cc4ccc[nH]c4=O)s3)CC2)cc1. The van der Waals surface area contributed by atoms with Crippen molar-refractivity contribution in [3.63, 3.8) is 0 Å². The third-order valence-corrected chi connectivity index (χ3v) is 6.10. The molecule has 2 heterocycles. The van der Waals surface area contributed by atoms with Crippen molar-refractivity contribution in [1.29, 1.82) is 0 Å². The van der Waals surface area contributed by atoms with Gasteiger partial charge in [-0.1, -0.05) is 18.2 Å². The maximum Gasteiger partial charge on any atom is 0.251 e. The standard InChI is InChI=1S/C21H20N2O3S/c1-26-16-6-4-15(5-7-16)21(8-9-21)18(24)12-19-23-13-17(27-19)11-14-3-2-10-22-20(14)25/h2-7,10,13H,8-9,11-12H2,1H3,(H,22,25). The first-order valence-electron chi connectivity index (χ1n) is 8.89. The molecule has 1 saturated carbocycles. The minimum absolute atomic E-state index is 0.0834. The third kappa shape index (κ3) is 3.57. The summed E-state index contributed by atoms with van der Waals surface area (Å²) in [4.78, 5) is 32.8. The van der Waals surface area contributed by atoms with E-state index in [1.807, 2.05) is 36.4 Å². The lowest BCUT2D eigenvalue weighted by Crippen LogP contribution is -2.22. The van der Waals surface area contributed by atoms with Crippen LogP contribution in [0.15, 0.2) is 53.6 Å². The van der Waals surface area contributed by atoms with Crippen molar-refractivity contribution in [2.45, 2.75) is 31.1 Å². The van der Waals surface area contributed by atoms with Gasteiger partial charge in [0.1, 0.15) is 16.5 Å². The number of pyridine rings is 1. The second kappa shape index (κ2) is 7.12. The maximum absolute atomic E-state index is 13.0. The third-order valence-electron chi connectivity index (χ3n) is 5.10. The molecule has 2 aromatic heterocycles. The molecule has 0 saturated heterocycles. The maximum atomic E-state index is 13.0. The largest absolute Gasteiger partial charge is 0.497 e. The van der Waals surface area contributed by atoms with Gasteiger partial charge in [0.05, 0.1) is 18.9 Å². The van der Waals surface area contributed by atoms with Gasteiger partial charge in [0, 0.05) is 29.3 Å². The van der Waals surface area contributed by atoms with Crippen LogP contribution < -0.4 is 10.3 Å². The summed E-state index contributed by atoms with van der Waals surface area (Å²) >= 11 is 1.51. The van der Waals surface area contributed by atoms with E-state index in [1.54, 1.807) is 19.5 Å². The van der Waals surface area contributed by atoms with Gasteiger partial charge < -0.3 is 9.72 Å². The van der Waals surface area contributed by atoms with Crippen LogP contribution in [0.3, 0.4) is 0 Å². The molecule has 1 aliphatic rings. The molecule has 6 heteroatoms. The number of Topliss-reactive ketones (excluding diaryl/α,β-unsaturated/α-hetero) is 1. The number of benzene rings is 1. The highest BCUT2D eigenvalue weighted by atomic mass is 32.1. The second-order valence-electron chi connectivity index (χ2n) is 6.83. The van der Waals surface area contributed by atoms with Crippen LogP contribution in [0.4, 0.5) is 0 Å². The Morgan fingerprint density at radius 3 is 2.70 bits per heavy atom. The smallest absolute Gasteiger partial charge is 0.251 e. The molecule has 138 valence electrons. The number of methoxy groups -OCH3 is 1. The van der Waals surface area contributed by atoms with Crippen molar-refractivity contribution in [3.05, 3.63) is 80.2 Å². The number of nitrogens with zero attached hydrogens (tertiary/aromatic N) is 1. The number of thiazole rings is 1. The number of rotatable bonds is 7. The van der Waals surface area contributed by atoms with Crippen molar-refractivity contribution < 1.29 is 9.53 Å². The molecule has 0 bridgehead atoms. The van der Waals surface area contributed by atoms with Gasteiger partial charge >= 0.3 is 0 Å². The fourth-order valence-corrected chi connectivity index (χ4v) is 4.31. The first-order valence-corrected chi connectivity index (χ1v) is 9.70. The van der Waals surface area contributed by atoms with Crippen LogP contribution in [-0.2, 0) is 23.1 Å². The van der Waals surface area contributed by atoms with Gasteiger partial charge in [-0.25, -0.2) is 4.98 Å². The summed E-state index contributed by atoms with van der Waals surface area (Å²) in [6.07, 6.45) is 6.03. The normalized spacial score (nSPS) is 14.7. The molecule has 1 fully saturated rings. The molecule has 0 spiro atoms. The Labute approximate surface area is 161 Å². The van der Waals surface area contributed by atoms with Crippen molar-refractivity contribution in [2.24, 2.45) is 0 Å². The summed E-state index contributed by atoms with van der Waals surface area (Å²) in [6, 6.07) is 11.4. The number of hydrogen-bond acceptors (Lipinski definition) is 5. The molecule has 4 rings (SSSR count). The van der Waals surface area contributed by atoms with E-state index in [0.717, 1.165) is 34.0 Å². The Morgan fingerprint density at radius 1 is 1.26 bits per heavy atom. The minimum Gasteiger partial charge on any atom is -0.497 e. The van der Waals surface area contributed by atoms with E-state index in [1.165, 1.54) is 11.3 Å². The monoisotopic (exact) mass is 380 g/mol. The lowest BCUT2D eigenvalue weighted by atomic mass is 9.90. The van der Waals surface area contributed by atoms with E-state index >= 15 is 0 Å². The van der Waals surface area contributed by atoms with Crippen molar-refractivity contribution in [3.8, 4) is 5.75 Å². The number of aromatic amines is 1. The molecule has 0 atom stereocenters. The van der Waals surface area contributed by atoms with Crippen LogP contribution in [0.1, 0.15) is 33.9 Å². The molecule has 0 radical (unpaired) electrons. The van der Waals surface area contributed by atoms with Gasteiger partial charge in [-0.3, -0.25) is 9.59 Å². The number of carbonyl (C=O) groups is 1. The quantitative estimate of drug-likeness (QED) is 0.683. The minimum atomic E-state index is -0.366. The van der Waals surface area contributed by atoms with E-state index in [2.05, 4.69) is 9.97 Å². The number of ether oxygens (including phenoxy) is 1. The van der Waals surface area contributed by atoms with E-state index in [9.17, 15) is 9.59 Å². The summed E-state index contributed by atoms with van der Waals surface area (Å²) in [5, 5.41) is 0.808. The average molecular weight is 380 g/mol. The summed E-state index contributed by atoms with van der Waals surface area (Å²) in [5.41, 5.74) is 1.31. The van der Waals surface area contributed by atoms with Crippen molar-refractivity contribution >= 4 is 17.1 Å². The Balaban J connectivity index is 1.46. The van der Waals surface area contributed by atoms with Gasteiger partial charge in [-0.05, 0) is 36.6 Å². The van der Waals surface area contributed by atoms with E-state index in [-0.39, 0.29) is 16.8 Å². The molecule has 1 aromatic carbocycles. The van der Waals surface area contributed by atoms with Gasteiger partial charge in [0.2, 0.25) is 0 Å². The van der Waals surface area contributed by atoms with Crippen LogP contribution in [0.5, 0.6) is 5.75 Å². The Kier molecular flexibility index (Phi) is 4.66. The molecular formula is C21H20N2O3S. The van der Waals surface area contributed by atoms with Gasteiger partial charge in [-0.15, -0.1) is 11.3 Å². The fraction of sp³-hybridized carbons (Fsp3) is 0.286. The summed E-state index contributed by atoms with van der Waals surface area (Å²) in [6.45, 7) is 0. The van der Waals surface area contributed by atoms with Gasteiger partial charge in [0.15, 0.2) is 0 Å². The molecule has 0 amide bonds. The van der Waals surface area contributed by atoms with Crippen molar-refractivity contribution in [1.82, 2.24) is 9.97 Å². The second-order valence-corrected chi connectivity index (χ2v) is 8.03. The lowest BCUT2D eigenvalue weighted by molar-refractivity contribution is -0.120. The highest BCUT2D eigenvalue weighted by Gasteiger charge is 2.50. The zero-order chi connectivity index (χ0) is 18.9. The number of carbonyl (C=O) groups excluding carboxylic acids is 1. The predicted octanol–water partition coefficient (Wildman–Crippen LogP) is 3.27. The average Bonchev–Trinajstić information content (AvgIpc) is 3.39. The number of ketones is 1. The van der Waals surface area contributed by atoms with Gasteiger partial charge in [-0.2, -0.15) is 0 Å². The van der Waals surface area contributed by atoms with E-state index < -0.39 is 0 Å². The fourth-order valence-electron chi connectivity index (χ4n) is 3.36. The van der Waals surface area contributed by atoms with E-state index in [0.29, 0.717) is 18.4 Å². The molecule has 27 heavy (non-hydrogen) atoms. The number of hydrogen-bond donors (Lipinski definition) is 1. The highest BCUT2D eigenvalue weighted by Crippen LogP contribution is 2.50. The summed E-state index contributed by atoms with van der Waals surface area (Å²) < 4.78 is 5.20. The molecule has 0 aliphatic heterocycles. The summed E-state index contributed by atoms with van der Waals surface area (Å²) in [7, 11) is 1.64. The molecule has 1 aliphatic carbocycles. The Bertz CT molecular complexity index is 1020. The number of nitrogens with one attached hydrogen (secondary N) is 1. The molecule has 0 unspecified atom stereocenters.